The second kappa shape index (κ2) is 8.45. The van der Waals surface area contributed by atoms with Gasteiger partial charge in [-0.05, 0) is 38.5 Å². The van der Waals surface area contributed by atoms with Crippen LogP contribution < -0.4 is 5.32 Å². The van der Waals surface area contributed by atoms with Crippen LogP contribution in [-0.2, 0) is 4.74 Å². The second-order valence-electron chi connectivity index (χ2n) is 5.25. The van der Waals surface area contributed by atoms with Crippen molar-refractivity contribution >= 4 is 5.91 Å². The Kier molecular flexibility index (Phi) is 6.31. The van der Waals surface area contributed by atoms with E-state index in [1.54, 1.807) is 6.20 Å². The summed E-state index contributed by atoms with van der Waals surface area (Å²) in [6.45, 7) is 5.29. The minimum Gasteiger partial charge on any atom is -0.394 e. The van der Waals surface area contributed by atoms with Gasteiger partial charge in [-0.2, -0.15) is 0 Å². The molecule has 2 aromatic heterocycles. The molecule has 0 aromatic carbocycles. The third-order valence-corrected chi connectivity index (χ3v) is 3.54. The van der Waals surface area contributed by atoms with Crippen LogP contribution in [0.1, 0.15) is 28.2 Å². The fourth-order valence-electron chi connectivity index (χ4n) is 2.47. The number of hydrogen-bond donors (Lipinski definition) is 2. The van der Waals surface area contributed by atoms with E-state index < -0.39 is 0 Å². The van der Waals surface area contributed by atoms with E-state index in [9.17, 15) is 4.79 Å². The Morgan fingerprint density at radius 2 is 2.17 bits per heavy atom. The molecule has 0 spiro atoms. The van der Waals surface area contributed by atoms with Gasteiger partial charge in [-0.25, -0.2) is 4.98 Å². The highest BCUT2D eigenvalue weighted by Crippen LogP contribution is 2.19. The Morgan fingerprint density at radius 3 is 2.87 bits per heavy atom. The van der Waals surface area contributed by atoms with Gasteiger partial charge in [0.05, 0.1) is 18.8 Å². The average molecular weight is 317 g/mol. The Bertz CT molecular complexity index is 638. The molecule has 1 amide bonds. The van der Waals surface area contributed by atoms with Crippen molar-refractivity contribution in [2.24, 2.45) is 0 Å². The van der Waals surface area contributed by atoms with Crippen molar-refractivity contribution < 1.29 is 14.6 Å². The lowest BCUT2D eigenvalue weighted by atomic mass is 10.2. The van der Waals surface area contributed by atoms with Gasteiger partial charge in [-0.3, -0.25) is 4.79 Å². The van der Waals surface area contributed by atoms with Crippen LogP contribution in [0.3, 0.4) is 0 Å². The predicted octanol–water partition coefficient (Wildman–Crippen LogP) is 1.62. The number of nitrogens with one attached hydrogen (secondary N) is 1. The van der Waals surface area contributed by atoms with Crippen molar-refractivity contribution in [1.29, 1.82) is 0 Å². The van der Waals surface area contributed by atoms with Crippen LogP contribution in [-0.4, -0.2) is 46.9 Å². The molecule has 0 saturated carbocycles. The molecular weight excluding hydrogens is 294 g/mol. The quantitative estimate of drug-likeness (QED) is 0.725. The standard InChI is InChI=1S/C17H23N3O3/c1-13-12-15(17(22)19-8-5-10-23-11-9-21)14(2)20(13)16-6-3-4-7-18-16/h3-4,6-7,12,21H,5,8-11H2,1-2H3,(H,19,22). The molecule has 0 radical (unpaired) electrons. The van der Waals surface area contributed by atoms with Crippen molar-refractivity contribution in [1.82, 2.24) is 14.9 Å². The van der Waals surface area contributed by atoms with Gasteiger partial charge in [0.2, 0.25) is 0 Å². The first-order valence-electron chi connectivity index (χ1n) is 7.72. The smallest absolute Gasteiger partial charge is 0.253 e. The summed E-state index contributed by atoms with van der Waals surface area (Å²) in [7, 11) is 0. The molecule has 0 aliphatic heterocycles. The summed E-state index contributed by atoms with van der Waals surface area (Å²) in [5, 5.41) is 11.5. The Morgan fingerprint density at radius 1 is 1.35 bits per heavy atom. The summed E-state index contributed by atoms with van der Waals surface area (Å²) >= 11 is 0. The van der Waals surface area contributed by atoms with E-state index in [4.69, 9.17) is 9.84 Å². The minimum atomic E-state index is -0.0950. The molecular formula is C17H23N3O3. The largest absolute Gasteiger partial charge is 0.394 e. The van der Waals surface area contributed by atoms with Crippen molar-refractivity contribution in [3.05, 3.63) is 47.4 Å². The number of pyridine rings is 1. The number of aliphatic hydroxyl groups excluding tert-OH is 1. The molecule has 6 heteroatoms. The Balaban J connectivity index is 1.99. The molecule has 2 N–H and O–H groups in total. The fraction of sp³-hybridized carbons (Fsp3) is 0.412. The summed E-state index contributed by atoms with van der Waals surface area (Å²) < 4.78 is 7.13. The van der Waals surface area contributed by atoms with Gasteiger partial charge in [0, 0.05) is 30.7 Å². The molecule has 124 valence electrons. The van der Waals surface area contributed by atoms with Gasteiger partial charge in [0.1, 0.15) is 5.82 Å². The first-order chi connectivity index (χ1) is 11.1. The number of hydrogen-bond acceptors (Lipinski definition) is 4. The third-order valence-electron chi connectivity index (χ3n) is 3.54. The molecule has 0 aliphatic rings. The van der Waals surface area contributed by atoms with Gasteiger partial charge >= 0.3 is 0 Å². The summed E-state index contributed by atoms with van der Waals surface area (Å²) in [5.41, 5.74) is 2.50. The number of aliphatic hydroxyl groups is 1. The lowest BCUT2D eigenvalue weighted by Crippen LogP contribution is -2.25. The molecule has 0 fully saturated rings. The number of carbonyl (C=O) groups is 1. The summed E-state index contributed by atoms with van der Waals surface area (Å²) in [4.78, 5) is 16.7. The molecule has 0 unspecified atom stereocenters. The van der Waals surface area contributed by atoms with Crippen LogP contribution in [0.25, 0.3) is 5.82 Å². The number of rotatable bonds is 8. The zero-order valence-corrected chi connectivity index (χ0v) is 13.6. The second-order valence-corrected chi connectivity index (χ2v) is 5.25. The van der Waals surface area contributed by atoms with Crippen molar-refractivity contribution in [2.45, 2.75) is 20.3 Å². The van der Waals surface area contributed by atoms with E-state index in [-0.39, 0.29) is 12.5 Å². The van der Waals surface area contributed by atoms with E-state index in [0.29, 0.717) is 31.7 Å². The Labute approximate surface area is 136 Å². The van der Waals surface area contributed by atoms with E-state index in [0.717, 1.165) is 17.2 Å². The molecule has 6 nitrogen and oxygen atoms in total. The number of amides is 1. The average Bonchev–Trinajstić information content (AvgIpc) is 2.86. The van der Waals surface area contributed by atoms with E-state index in [2.05, 4.69) is 10.3 Å². The molecule has 2 rings (SSSR count). The van der Waals surface area contributed by atoms with Crippen LogP contribution in [0, 0.1) is 13.8 Å². The van der Waals surface area contributed by atoms with Gasteiger partial charge in [0.25, 0.3) is 5.91 Å². The minimum absolute atomic E-state index is 0.0197. The van der Waals surface area contributed by atoms with E-state index in [1.807, 2.05) is 42.7 Å². The van der Waals surface area contributed by atoms with Gasteiger partial charge in [-0.15, -0.1) is 0 Å². The van der Waals surface area contributed by atoms with Gasteiger partial charge in [-0.1, -0.05) is 6.07 Å². The Hall–Kier alpha value is -2.18. The van der Waals surface area contributed by atoms with Crippen molar-refractivity contribution in [2.75, 3.05) is 26.4 Å². The summed E-state index contributed by atoms with van der Waals surface area (Å²) in [6.07, 6.45) is 2.45. The summed E-state index contributed by atoms with van der Waals surface area (Å²) in [6, 6.07) is 7.58. The maximum Gasteiger partial charge on any atom is 0.253 e. The zero-order valence-electron chi connectivity index (χ0n) is 13.6. The lowest BCUT2D eigenvalue weighted by molar-refractivity contribution is 0.0867. The van der Waals surface area contributed by atoms with Crippen LogP contribution in [0.15, 0.2) is 30.5 Å². The number of carbonyl (C=O) groups excluding carboxylic acids is 1. The molecule has 0 atom stereocenters. The lowest BCUT2D eigenvalue weighted by Gasteiger charge is -2.09. The maximum absolute atomic E-state index is 12.3. The van der Waals surface area contributed by atoms with Crippen molar-refractivity contribution in [3.63, 3.8) is 0 Å². The monoisotopic (exact) mass is 317 g/mol. The van der Waals surface area contributed by atoms with Gasteiger partial charge in [0.15, 0.2) is 0 Å². The molecule has 0 bridgehead atoms. The third kappa shape index (κ3) is 4.40. The highest BCUT2D eigenvalue weighted by atomic mass is 16.5. The predicted molar refractivity (Wildman–Crippen MR) is 87.9 cm³/mol. The van der Waals surface area contributed by atoms with Crippen LogP contribution in [0.4, 0.5) is 0 Å². The zero-order chi connectivity index (χ0) is 16.7. The number of aryl methyl sites for hydroxylation is 1. The highest BCUT2D eigenvalue weighted by molar-refractivity contribution is 5.95. The topological polar surface area (TPSA) is 76.4 Å². The van der Waals surface area contributed by atoms with Crippen LogP contribution >= 0.6 is 0 Å². The van der Waals surface area contributed by atoms with Gasteiger partial charge < -0.3 is 19.7 Å². The molecule has 0 aliphatic carbocycles. The fourth-order valence-corrected chi connectivity index (χ4v) is 2.47. The first-order valence-corrected chi connectivity index (χ1v) is 7.72. The van der Waals surface area contributed by atoms with E-state index >= 15 is 0 Å². The molecule has 2 aromatic rings. The number of aromatic nitrogens is 2. The van der Waals surface area contributed by atoms with E-state index in [1.165, 1.54) is 0 Å². The molecule has 2 heterocycles. The molecule has 0 saturated heterocycles. The van der Waals surface area contributed by atoms with Crippen molar-refractivity contribution in [3.8, 4) is 5.82 Å². The normalized spacial score (nSPS) is 10.7. The van der Waals surface area contributed by atoms with Crippen LogP contribution in [0.2, 0.25) is 0 Å². The molecule has 23 heavy (non-hydrogen) atoms. The number of ether oxygens (including phenoxy) is 1. The highest BCUT2D eigenvalue weighted by Gasteiger charge is 2.16. The summed E-state index contributed by atoms with van der Waals surface area (Å²) in [5.74, 6) is 0.710. The number of nitrogens with zero attached hydrogens (tertiary/aromatic N) is 2. The first kappa shape index (κ1) is 17.2. The SMILES string of the molecule is Cc1cc(C(=O)NCCCOCCO)c(C)n1-c1ccccn1. The van der Waals surface area contributed by atoms with Crippen LogP contribution in [0.5, 0.6) is 0 Å². The maximum atomic E-state index is 12.3.